The average Bonchev–Trinajstić information content (AvgIpc) is 2.41. The lowest BCUT2D eigenvalue weighted by Crippen LogP contribution is -2.01. The van der Waals surface area contributed by atoms with Gasteiger partial charge >= 0.3 is 0 Å². The second kappa shape index (κ2) is 5.92. The molecule has 0 bridgehead atoms. The number of aryl methyl sites for hydroxylation is 1. The molecule has 0 radical (unpaired) electrons. The van der Waals surface area contributed by atoms with Crippen LogP contribution < -0.4 is 4.74 Å². The summed E-state index contributed by atoms with van der Waals surface area (Å²) in [6, 6.07) is 10.4. The van der Waals surface area contributed by atoms with Gasteiger partial charge in [-0.2, -0.15) is 0 Å². The fourth-order valence-corrected chi connectivity index (χ4v) is 2.07. The maximum atomic E-state index is 10.9. The van der Waals surface area contributed by atoms with Crippen molar-refractivity contribution in [2.75, 3.05) is 0 Å². The van der Waals surface area contributed by atoms with E-state index in [2.05, 4.69) is 0 Å². The first-order valence-electron chi connectivity index (χ1n) is 6.11. The van der Waals surface area contributed by atoms with Gasteiger partial charge in [0.05, 0.1) is 4.92 Å². The van der Waals surface area contributed by atoms with Crippen molar-refractivity contribution in [2.24, 2.45) is 0 Å². The third kappa shape index (κ3) is 3.08. The number of rotatable bonds is 4. The second-order valence-corrected chi connectivity index (χ2v) is 4.95. The molecule has 2 aromatic rings. The smallest absolute Gasteiger partial charge is 0.272 e. The summed E-state index contributed by atoms with van der Waals surface area (Å²) in [6.45, 7) is 3.92. The van der Waals surface area contributed by atoms with Crippen molar-refractivity contribution in [3.8, 4) is 5.75 Å². The molecular formula is C15H14ClNO3. The molecule has 0 unspecified atom stereocenters. The molecule has 2 rings (SSSR count). The summed E-state index contributed by atoms with van der Waals surface area (Å²) in [7, 11) is 0. The van der Waals surface area contributed by atoms with Crippen molar-refractivity contribution in [1.82, 2.24) is 0 Å². The number of ether oxygens (including phenoxy) is 1. The zero-order valence-corrected chi connectivity index (χ0v) is 12.0. The van der Waals surface area contributed by atoms with E-state index < -0.39 is 0 Å². The van der Waals surface area contributed by atoms with Crippen molar-refractivity contribution in [2.45, 2.75) is 20.5 Å². The Morgan fingerprint density at radius 1 is 1.25 bits per heavy atom. The molecule has 0 fully saturated rings. The van der Waals surface area contributed by atoms with Crippen molar-refractivity contribution in [3.05, 3.63) is 68.2 Å². The van der Waals surface area contributed by atoms with Crippen LogP contribution in [0.25, 0.3) is 0 Å². The Balaban J connectivity index is 2.21. The fraction of sp³-hybridized carbons (Fsp3) is 0.200. The van der Waals surface area contributed by atoms with Gasteiger partial charge in [-0.05, 0) is 37.1 Å². The molecule has 0 aromatic heterocycles. The molecule has 0 heterocycles. The first kappa shape index (κ1) is 14.3. The molecule has 104 valence electrons. The molecule has 0 saturated carbocycles. The van der Waals surface area contributed by atoms with Gasteiger partial charge in [-0.1, -0.05) is 29.8 Å². The van der Waals surface area contributed by atoms with Crippen molar-refractivity contribution >= 4 is 17.3 Å². The molecule has 20 heavy (non-hydrogen) atoms. The van der Waals surface area contributed by atoms with Crippen LogP contribution in [0.15, 0.2) is 36.4 Å². The lowest BCUT2D eigenvalue weighted by molar-refractivity contribution is -0.385. The van der Waals surface area contributed by atoms with Crippen LogP contribution in [0.1, 0.15) is 16.7 Å². The number of benzene rings is 2. The first-order chi connectivity index (χ1) is 9.49. The molecule has 0 aliphatic carbocycles. The Hall–Kier alpha value is -2.07. The first-order valence-corrected chi connectivity index (χ1v) is 6.48. The van der Waals surface area contributed by atoms with Crippen LogP contribution in [-0.2, 0) is 6.61 Å². The van der Waals surface area contributed by atoms with Gasteiger partial charge in [0, 0.05) is 16.7 Å². The molecule has 0 amide bonds. The fourth-order valence-electron chi connectivity index (χ4n) is 1.91. The van der Waals surface area contributed by atoms with Gasteiger partial charge in [-0.3, -0.25) is 10.1 Å². The van der Waals surface area contributed by atoms with Gasteiger partial charge in [-0.25, -0.2) is 0 Å². The van der Waals surface area contributed by atoms with E-state index in [1.165, 1.54) is 6.07 Å². The van der Waals surface area contributed by atoms with E-state index in [0.29, 0.717) is 16.3 Å². The summed E-state index contributed by atoms with van der Waals surface area (Å²) in [5.41, 5.74) is 2.49. The molecule has 0 spiro atoms. The van der Waals surface area contributed by atoms with Crippen molar-refractivity contribution in [1.29, 1.82) is 0 Å². The minimum absolute atomic E-state index is 0.105. The minimum Gasteiger partial charge on any atom is -0.489 e. The Labute approximate surface area is 122 Å². The van der Waals surface area contributed by atoms with Crippen LogP contribution in [0, 0.1) is 24.0 Å². The van der Waals surface area contributed by atoms with Crippen LogP contribution in [0.3, 0.4) is 0 Å². The highest BCUT2D eigenvalue weighted by molar-refractivity contribution is 6.30. The largest absolute Gasteiger partial charge is 0.489 e. The zero-order valence-electron chi connectivity index (χ0n) is 11.2. The Bertz CT molecular complexity index is 656. The van der Waals surface area contributed by atoms with Gasteiger partial charge in [0.2, 0.25) is 0 Å². The number of halogens is 1. The van der Waals surface area contributed by atoms with Crippen LogP contribution >= 0.6 is 11.6 Å². The number of nitro benzene ring substituents is 1. The molecule has 2 aromatic carbocycles. The van der Waals surface area contributed by atoms with Crippen molar-refractivity contribution in [3.63, 3.8) is 0 Å². The van der Waals surface area contributed by atoms with Gasteiger partial charge in [0.1, 0.15) is 12.4 Å². The van der Waals surface area contributed by atoms with Crippen molar-refractivity contribution < 1.29 is 9.66 Å². The van der Waals surface area contributed by atoms with Gasteiger partial charge in [0.15, 0.2) is 0 Å². The summed E-state index contributed by atoms with van der Waals surface area (Å²) in [5, 5.41) is 11.5. The molecule has 4 nitrogen and oxygen atoms in total. The summed E-state index contributed by atoms with van der Waals surface area (Å²) in [5.74, 6) is 0.684. The Kier molecular flexibility index (Phi) is 4.25. The van der Waals surface area contributed by atoms with Gasteiger partial charge in [0.25, 0.3) is 5.69 Å². The Morgan fingerprint density at radius 2 is 2.00 bits per heavy atom. The molecule has 0 aliphatic rings. The highest BCUT2D eigenvalue weighted by Crippen LogP contribution is 2.26. The van der Waals surface area contributed by atoms with E-state index in [0.717, 1.165) is 11.1 Å². The average molecular weight is 292 g/mol. The van der Waals surface area contributed by atoms with Gasteiger partial charge < -0.3 is 4.74 Å². The summed E-state index contributed by atoms with van der Waals surface area (Å²) >= 11 is 5.93. The van der Waals surface area contributed by atoms with Crippen LogP contribution in [0.5, 0.6) is 5.75 Å². The van der Waals surface area contributed by atoms with Crippen LogP contribution in [0.2, 0.25) is 5.02 Å². The second-order valence-electron chi connectivity index (χ2n) is 4.52. The van der Waals surface area contributed by atoms with E-state index in [1.807, 2.05) is 19.1 Å². The summed E-state index contributed by atoms with van der Waals surface area (Å²) in [4.78, 5) is 10.5. The highest BCUT2D eigenvalue weighted by Gasteiger charge is 2.13. The van der Waals surface area contributed by atoms with E-state index in [9.17, 15) is 10.1 Å². The third-order valence-electron chi connectivity index (χ3n) is 3.15. The van der Waals surface area contributed by atoms with Gasteiger partial charge in [-0.15, -0.1) is 0 Å². The summed E-state index contributed by atoms with van der Waals surface area (Å²) < 4.78 is 5.71. The quantitative estimate of drug-likeness (QED) is 0.618. The molecular weight excluding hydrogens is 278 g/mol. The normalized spacial score (nSPS) is 10.3. The SMILES string of the molecule is Cc1ccc(Cl)cc1OCc1cccc([N+](=O)[O-])c1C. The van der Waals surface area contributed by atoms with E-state index in [4.69, 9.17) is 16.3 Å². The zero-order chi connectivity index (χ0) is 14.7. The van der Waals surface area contributed by atoms with E-state index in [1.54, 1.807) is 25.1 Å². The lowest BCUT2D eigenvalue weighted by atomic mass is 10.1. The summed E-state index contributed by atoms with van der Waals surface area (Å²) in [6.07, 6.45) is 0. The maximum Gasteiger partial charge on any atom is 0.272 e. The van der Waals surface area contributed by atoms with E-state index in [-0.39, 0.29) is 17.2 Å². The van der Waals surface area contributed by atoms with Crippen LogP contribution in [-0.4, -0.2) is 4.92 Å². The predicted octanol–water partition coefficient (Wildman–Crippen LogP) is 4.44. The van der Waals surface area contributed by atoms with Crippen LogP contribution in [0.4, 0.5) is 5.69 Å². The minimum atomic E-state index is -0.385. The molecule has 0 atom stereocenters. The topological polar surface area (TPSA) is 52.4 Å². The molecule has 0 aliphatic heterocycles. The monoisotopic (exact) mass is 291 g/mol. The number of hydrogen-bond acceptors (Lipinski definition) is 3. The number of nitrogens with zero attached hydrogens (tertiary/aromatic N) is 1. The number of hydrogen-bond donors (Lipinski definition) is 0. The molecule has 0 saturated heterocycles. The predicted molar refractivity (Wildman–Crippen MR) is 78.4 cm³/mol. The molecule has 5 heteroatoms. The third-order valence-corrected chi connectivity index (χ3v) is 3.38. The Morgan fingerprint density at radius 3 is 2.70 bits per heavy atom. The standard InChI is InChI=1S/C15H14ClNO3/c1-10-6-7-13(16)8-15(10)20-9-12-4-3-5-14(11(12)2)17(18)19/h3-8H,9H2,1-2H3. The molecule has 0 N–H and O–H groups in total. The number of nitro groups is 1. The highest BCUT2D eigenvalue weighted by atomic mass is 35.5. The lowest BCUT2D eigenvalue weighted by Gasteiger charge is -2.11. The maximum absolute atomic E-state index is 10.9. The van der Waals surface area contributed by atoms with E-state index >= 15 is 0 Å².